The van der Waals surface area contributed by atoms with E-state index in [-0.39, 0.29) is 25.0 Å². The maximum atomic E-state index is 2.53. The molecule has 2 saturated carbocycles. The maximum absolute atomic E-state index is 2.53. The average Bonchev–Trinajstić information content (AvgIpc) is 3.51. The van der Waals surface area contributed by atoms with Crippen molar-refractivity contribution < 1.29 is 17.1 Å². The minimum atomic E-state index is 0. The Kier molecular flexibility index (Phi) is 15.9. The average molecular weight is 557 g/mol. The van der Waals surface area contributed by atoms with E-state index in [0.29, 0.717) is 10.6 Å². The Balaban J connectivity index is 0.000000424. The molecule has 0 heterocycles. The van der Waals surface area contributed by atoms with Gasteiger partial charge in [-0.15, -0.1) is 19.2 Å². The van der Waals surface area contributed by atoms with Crippen LogP contribution in [0.25, 0.3) is 0 Å². The molecule has 2 aliphatic carbocycles. The Morgan fingerprint density at radius 2 is 1.20 bits per heavy atom. The van der Waals surface area contributed by atoms with Gasteiger partial charge in [0.25, 0.3) is 0 Å². The van der Waals surface area contributed by atoms with Gasteiger partial charge in [-0.05, 0) is 47.6 Å². The van der Waals surface area contributed by atoms with Crippen molar-refractivity contribution in [2.24, 2.45) is 5.41 Å². The third-order valence-electron chi connectivity index (χ3n) is 7.13. The molecule has 2 aromatic carbocycles. The zero-order chi connectivity index (χ0) is 25.0. The molecule has 0 amide bonds. The standard InChI is InChI=1S/C21H35P2.C6H14.C5H5.Fe/c1-21(2,3)22-19-15-10-16-20(19)23(17-11-6-4-7-12-17)18-13-8-5-9-14-18;1-5-6(2,3)4;1-2-4-5-3-1;/h10,15-18,22H,4-9,11-14H2,1-3H3;5H2,1-4H3;1-5H;/q-1;;-5;. The summed E-state index contributed by atoms with van der Waals surface area (Å²) in [5.74, 6) is 0. The summed E-state index contributed by atoms with van der Waals surface area (Å²) in [5, 5.41) is 3.98. The molecule has 35 heavy (non-hydrogen) atoms. The first-order chi connectivity index (χ1) is 16.1. The third kappa shape index (κ3) is 13.4. The van der Waals surface area contributed by atoms with Gasteiger partial charge >= 0.3 is 0 Å². The van der Waals surface area contributed by atoms with Crippen molar-refractivity contribution in [3.8, 4) is 0 Å². The summed E-state index contributed by atoms with van der Waals surface area (Å²) in [6.07, 6.45) is 16.3. The van der Waals surface area contributed by atoms with E-state index in [2.05, 4.69) is 66.7 Å². The molecule has 2 fully saturated rings. The molecular formula is C32H54FeP2-6. The van der Waals surface area contributed by atoms with Gasteiger partial charge in [0.1, 0.15) is 0 Å². The quantitative estimate of drug-likeness (QED) is 0.200. The van der Waals surface area contributed by atoms with E-state index in [1.807, 2.05) is 35.6 Å². The van der Waals surface area contributed by atoms with Crippen LogP contribution in [0.4, 0.5) is 0 Å². The third-order valence-corrected chi connectivity index (χ3v) is 12.4. The summed E-state index contributed by atoms with van der Waals surface area (Å²) >= 11 is 0. The summed E-state index contributed by atoms with van der Waals surface area (Å²) < 4.78 is 0. The van der Waals surface area contributed by atoms with Crippen molar-refractivity contribution in [3.05, 3.63) is 48.5 Å². The topological polar surface area (TPSA) is 0 Å². The van der Waals surface area contributed by atoms with E-state index in [0.717, 1.165) is 19.9 Å². The summed E-state index contributed by atoms with van der Waals surface area (Å²) in [5.41, 5.74) is 2.61. The molecule has 0 nitrogen and oxygen atoms in total. The molecule has 0 radical (unpaired) electrons. The zero-order valence-corrected chi connectivity index (χ0v) is 26.9. The normalized spacial score (nSPS) is 17.9. The molecule has 2 aliphatic rings. The first-order valence-electron chi connectivity index (χ1n) is 14.1. The van der Waals surface area contributed by atoms with Gasteiger partial charge in [-0.3, -0.25) is 0 Å². The van der Waals surface area contributed by atoms with Gasteiger partial charge in [-0.2, -0.15) is 6.07 Å². The van der Waals surface area contributed by atoms with Crippen molar-refractivity contribution in [2.45, 2.75) is 136 Å². The molecule has 0 saturated heterocycles. The summed E-state index contributed by atoms with van der Waals surface area (Å²) in [6.45, 7) is 16.2. The molecular weight excluding hydrogens is 502 g/mol. The Bertz CT molecular complexity index is 700. The number of hydrogen-bond donors (Lipinski definition) is 0. The van der Waals surface area contributed by atoms with Gasteiger partial charge in [0.2, 0.25) is 0 Å². The van der Waals surface area contributed by atoms with Crippen LogP contribution in [0.1, 0.15) is 119 Å². The zero-order valence-electron chi connectivity index (χ0n) is 23.9. The summed E-state index contributed by atoms with van der Waals surface area (Å²) in [4.78, 5) is 0. The van der Waals surface area contributed by atoms with Crippen molar-refractivity contribution in [1.29, 1.82) is 0 Å². The predicted octanol–water partition coefficient (Wildman–Crippen LogP) is 10.1. The van der Waals surface area contributed by atoms with E-state index in [9.17, 15) is 0 Å². The second-order valence-corrected chi connectivity index (χ2v) is 17.6. The first-order valence-corrected chi connectivity index (χ1v) is 16.6. The second-order valence-electron chi connectivity index (χ2n) is 12.6. The van der Waals surface area contributed by atoms with Gasteiger partial charge in [0.05, 0.1) is 0 Å². The first kappa shape index (κ1) is 33.1. The monoisotopic (exact) mass is 556 g/mol. The van der Waals surface area contributed by atoms with Crippen LogP contribution in [0.3, 0.4) is 0 Å². The fraction of sp³-hybridized carbons (Fsp3) is 0.688. The van der Waals surface area contributed by atoms with Crippen LogP contribution in [0, 0.1) is 5.41 Å². The maximum Gasteiger partial charge on any atom is 0 e. The van der Waals surface area contributed by atoms with Crippen LogP contribution in [0.5, 0.6) is 0 Å². The summed E-state index contributed by atoms with van der Waals surface area (Å²) in [7, 11) is 1.05. The van der Waals surface area contributed by atoms with Gasteiger partial charge in [0.15, 0.2) is 0 Å². The van der Waals surface area contributed by atoms with E-state index in [1.54, 1.807) is 5.30 Å². The molecule has 2 aromatic rings. The van der Waals surface area contributed by atoms with Crippen LogP contribution in [-0.2, 0) is 17.1 Å². The smallest absolute Gasteiger partial charge is 0 e. The van der Waals surface area contributed by atoms with Gasteiger partial charge in [-0.1, -0.05) is 101 Å². The largest absolute Gasteiger partial charge is 0.748 e. The molecule has 0 N–H and O–H groups in total. The molecule has 0 spiro atoms. The number of hydrogen-bond acceptors (Lipinski definition) is 0. The Labute approximate surface area is 233 Å². The minimum absolute atomic E-state index is 0. The van der Waals surface area contributed by atoms with Crippen LogP contribution < -0.4 is 10.6 Å². The predicted molar refractivity (Wildman–Crippen MR) is 162 cm³/mol. The van der Waals surface area contributed by atoms with Crippen molar-refractivity contribution >= 4 is 27.1 Å². The van der Waals surface area contributed by atoms with E-state index >= 15 is 0 Å². The molecule has 1 unspecified atom stereocenters. The van der Waals surface area contributed by atoms with E-state index < -0.39 is 0 Å². The number of rotatable bonds is 4. The van der Waals surface area contributed by atoms with Gasteiger partial charge in [0, 0.05) is 17.1 Å². The fourth-order valence-electron chi connectivity index (χ4n) is 4.88. The van der Waals surface area contributed by atoms with Gasteiger partial charge in [-0.25, -0.2) is 12.1 Å². The van der Waals surface area contributed by atoms with Crippen molar-refractivity contribution in [3.63, 3.8) is 0 Å². The minimum Gasteiger partial charge on any atom is -0.748 e. The molecule has 1 atom stereocenters. The van der Waals surface area contributed by atoms with E-state index in [1.165, 1.54) is 70.6 Å². The van der Waals surface area contributed by atoms with Crippen LogP contribution >= 0.6 is 16.5 Å². The van der Waals surface area contributed by atoms with Crippen molar-refractivity contribution in [1.82, 2.24) is 0 Å². The van der Waals surface area contributed by atoms with Crippen LogP contribution in [0.15, 0.2) is 48.5 Å². The van der Waals surface area contributed by atoms with Crippen molar-refractivity contribution in [2.75, 3.05) is 0 Å². The fourth-order valence-corrected chi connectivity index (χ4v) is 10.5. The van der Waals surface area contributed by atoms with E-state index in [4.69, 9.17) is 0 Å². The SMILES string of the molecule is CC(C)(C)P[c-]1cccc1P(C1CCCCC1)C1CCCCC1.CCC(C)(C)C.[Fe].[cH-]1[cH-][cH-][cH-][cH-]1. The molecule has 0 bridgehead atoms. The summed E-state index contributed by atoms with van der Waals surface area (Å²) in [6, 6.07) is 17.4. The molecule has 206 valence electrons. The Morgan fingerprint density at radius 1 is 0.800 bits per heavy atom. The molecule has 3 heteroatoms. The Morgan fingerprint density at radius 3 is 1.54 bits per heavy atom. The molecule has 0 aromatic heterocycles. The molecule has 4 rings (SSSR count). The molecule has 0 aliphatic heterocycles. The van der Waals surface area contributed by atoms with Gasteiger partial charge < -0.3 is 30.3 Å². The van der Waals surface area contributed by atoms with Crippen LogP contribution in [0.2, 0.25) is 0 Å². The Hall–Kier alpha value is 0.0795. The van der Waals surface area contributed by atoms with Crippen LogP contribution in [-0.4, -0.2) is 16.5 Å². The second kappa shape index (κ2) is 16.8.